The van der Waals surface area contributed by atoms with Crippen molar-refractivity contribution in [3.8, 4) is 0 Å². The third-order valence-electron chi connectivity index (χ3n) is 4.33. The smallest absolute Gasteiger partial charge is 0.297 e. The average Bonchev–Trinajstić information content (AvgIpc) is 2.71. The van der Waals surface area contributed by atoms with Crippen LogP contribution in [0.2, 0.25) is 0 Å². The van der Waals surface area contributed by atoms with Crippen LogP contribution in [0.3, 0.4) is 0 Å². The van der Waals surface area contributed by atoms with Gasteiger partial charge in [-0.1, -0.05) is 34.7 Å². The van der Waals surface area contributed by atoms with E-state index in [1.807, 2.05) is 20.8 Å². The van der Waals surface area contributed by atoms with Gasteiger partial charge in [-0.3, -0.25) is 9.79 Å². The molecule has 0 saturated heterocycles. The fraction of sp³-hybridized carbons (Fsp3) is 0.409. The van der Waals surface area contributed by atoms with Crippen molar-refractivity contribution in [1.82, 2.24) is 5.32 Å². The summed E-state index contributed by atoms with van der Waals surface area (Å²) >= 11 is 0. The van der Waals surface area contributed by atoms with Crippen molar-refractivity contribution < 1.29 is 22.7 Å². The van der Waals surface area contributed by atoms with Crippen LogP contribution in [-0.2, 0) is 9.53 Å². The predicted octanol–water partition coefficient (Wildman–Crippen LogP) is 4.29. The molecule has 0 aliphatic rings. The van der Waals surface area contributed by atoms with Gasteiger partial charge in [-0.05, 0) is 44.1 Å². The maximum Gasteiger partial charge on any atom is 0.297 e. The summed E-state index contributed by atoms with van der Waals surface area (Å²) in [4.78, 5) is 21.0. The number of carbonyl (C=O) groups is 1. The highest BCUT2D eigenvalue weighted by Gasteiger charge is 2.27. The number of benzene rings is 1. The Labute approximate surface area is 189 Å². The van der Waals surface area contributed by atoms with Gasteiger partial charge in [-0.25, -0.2) is 9.38 Å². The highest BCUT2D eigenvalue weighted by Crippen LogP contribution is 2.27. The van der Waals surface area contributed by atoms with Crippen LogP contribution in [0.1, 0.15) is 39.2 Å². The van der Waals surface area contributed by atoms with Gasteiger partial charge in [0.15, 0.2) is 0 Å². The van der Waals surface area contributed by atoms with Crippen molar-refractivity contribution in [2.75, 3.05) is 14.2 Å². The molecule has 3 N–H and O–H groups in total. The van der Waals surface area contributed by atoms with Crippen molar-refractivity contribution in [3.05, 3.63) is 53.0 Å². The van der Waals surface area contributed by atoms with Crippen LogP contribution >= 0.6 is 9.24 Å². The van der Waals surface area contributed by atoms with E-state index in [0.29, 0.717) is 24.1 Å². The third-order valence-corrected chi connectivity index (χ3v) is 4.67. The first-order chi connectivity index (χ1) is 14.9. The van der Waals surface area contributed by atoms with E-state index in [-0.39, 0.29) is 11.6 Å². The van der Waals surface area contributed by atoms with Gasteiger partial charge in [0.25, 0.3) is 11.6 Å². The van der Waals surface area contributed by atoms with Gasteiger partial charge in [0, 0.05) is 12.6 Å². The number of aliphatic imine (C=N–C) groups is 2. The molecule has 1 rings (SSSR count). The summed E-state index contributed by atoms with van der Waals surface area (Å²) in [5.74, 6) is -0.935. The molecule has 0 fully saturated rings. The zero-order chi connectivity index (χ0) is 24.5. The van der Waals surface area contributed by atoms with Gasteiger partial charge in [0.05, 0.1) is 18.5 Å². The molecule has 1 aromatic carbocycles. The summed E-state index contributed by atoms with van der Waals surface area (Å²) in [6.07, 6.45) is 1.94. The maximum absolute atomic E-state index is 13.7. The number of nitrogens with zero attached hydrogens (tertiary/aromatic N) is 2. The number of alkyl halides is 2. The first-order valence-electron chi connectivity index (χ1n) is 9.92. The van der Waals surface area contributed by atoms with Gasteiger partial charge >= 0.3 is 0 Å². The van der Waals surface area contributed by atoms with Gasteiger partial charge in [-0.2, -0.15) is 8.78 Å². The Balaban J connectivity index is 3.32. The molecule has 0 aliphatic carbocycles. The minimum Gasteiger partial charge on any atom is -0.483 e. The van der Waals surface area contributed by atoms with Crippen LogP contribution in [0, 0.1) is 5.82 Å². The molecule has 0 radical (unpaired) electrons. The fourth-order valence-electron chi connectivity index (χ4n) is 2.73. The number of nitrogens with two attached hydrogens (primary N) is 1. The Morgan fingerprint density at radius 1 is 1.38 bits per heavy atom. The second-order valence-corrected chi connectivity index (χ2v) is 7.88. The number of rotatable bonds is 9. The van der Waals surface area contributed by atoms with Gasteiger partial charge < -0.3 is 15.8 Å². The number of halogens is 3. The van der Waals surface area contributed by atoms with Crippen LogP contribution in [0.25, 0.3) is 5.70 Å². The summed E-state index contributed by atoms with van der Waals surface area (Å²) in [5.41, 5.74) is 2.75. The second kappa shape index (κ2) is 12.4. The third kappa shape index (κ3) is 8.11. The number of methoxy groups -OCH3 is 1. The Hall–Kier alpha value is -2.67. The molecule has 0 spiro atoms. The molecule has 0 saturated carbocycles. The number of carbonyl (C=O) groups excluding carboxylic acids is 1. The topological polar surface area (TPSA) is 89.1 Å². The Morgan fingerprint density at radius 3 is 2.50 bits per heavy atom. The molecule has 176 valence electrons. The van der Waals surface area contributed by atoms with Crippen molar-refractivity contribution >= 4 is 32.5 Å². The van der Waals surface area contributed by atoms with E-state index in [1.54, 1.807) is 12.1 Å². The first kappa shape index (κ1) is 27.4. The zero-order valence-corrected chi connectivity index (χ0v) is 20.0. The van der Waals surface area contributed by atoms with E-state index in [4.69, 9.17) is 10.5 Å². The molecular formula is C22H30F3N4O2P. The summed E-state index contributed by atoms with van der Waals surface area (Å²) in [6, 6.07) is 5.29. The van der Waals surface area contributed by atoms with Crippen LogP contribution in [-0.4, -0.2) is 43.4 Å². The molecule has 2 atom stereocenters. The Kier molecular flexibility index (Phi) is 10.6. The van der Waals surface area contributed by atoms with Crippen LogP contribution in [0.5, 0.6) is 0 Å². The van der Waals surface area contributed by atoms with E-state index in [9.17, 15) is 18.0 Å². The summed E-state index contributed by atoms with van der Waals surface area (Å²) in [6.45, 7) is 5.55. The predicted molar refractivity (Wildman–Crippen MR) is 126 cm³/mol. The standard InChI is InChI=1S/C22H30F3N4O2P/c1-6-8-16(28-20(30)17(27-4)12-18(26)22(24,25)32)21(31-5)29-19(13(2)3)14-9-7-10-15(23)11-14/h7,9-12,16H,6,8,26,32H2,1-5H3,(H,28,30)/b18-12-,27-17?,29-21?. The highest BCUT2D eigenvalue weighted by atomic mass is 31.0. The largest absolute Gasteiger partial charge is 0.483 e. The number of hydrogen-bond donors (Lipinski definition) is 2. The number of ether oxygens (including phenoxy) is 1. The maximum atomic E-state index is 13.7. The molecule has 0 aliphatic heterocycles. The Morgan fingerprint density at radius 2 is 2.03 bits per heavy atom. The summed E-state index contributed by atoms with van der Waals surface area (Å²) in [5, 5.41) is 2.71. The molecular weight excluding hydrogens is 440 g/mol. The van der Waals surface area contributed by atoms with Gasteiger partial charge in [0.2, 0.25) is 5.90 Å². The molecule has 0 heterocycles. The lowest BCUT2D eigenvalue weighted by Crippen LogP contribution is -2.44. The van der Waals surface area contributed by atoms with Crippen molar-refractivity contribution in [2.24, 2.45) is 15.7 Å². The average molecular weight is 470 g/mol. The van der Waals surface area contributed by atoms with Crippen molar-refractivity contribution in [2.45, 2.75) is 45.3 Å². The number of nitrogens with one attached hydrogen (secondary N) is 1. The second-order valence-electron chi connectivity index (χ2n) is 7.16. The van der Waals surface area contributed by atoms with Crippen LogP contribution in [0.15, 0.2) is 51.6 Å². The molecule has 32 heavy (non-hydrogen) atoms. The number of allylic oxidation sites excluding steroid dienone is 2. The quantitative estimate of drug-likeness (QED) is 0.321. The highest BCUT2D eigenvalue weighted by molar-refractivity contribution is 7.18. The van der Waals surface area contributed by atoms with Gasteiger partial charge in [-0.15, -0.1) is 0 Å². The molecule has 1 aromatic rings. The lowest BCUT2D eigenvalue weighted by molar-refractivity contribution is -0.115. The minimum absolute atomic E-state index is 0.185. The lowest BCUT2D eigenvalue weighted by Gasteiger charge is -2.20. The summed E-state index contributed by atoms with van der Waals surface area (Å²) in [7, 11) is 4.01. The van der Waals surface area contributed by atoms with E-state index in [2.05, 4.69) is 15.3 Å². The van der Waals surface area contributed by atoms with E-state index in [1.165, 1.54) is 35.5 Å². The SMILES string of the molecule is CCCC(NC(=O)C(/C=C(\N)C(F)(F)P)=NC)C(=NC(=C(C)C)c1cccc(F)c1)OC. The van der Waals surface area contributed by atoms with Crippen LogP contribution < -0.4 is 11.1 Å². The molecule has 6 nitrogen and oxygen atoms in total. The summed E-state index contributed by atoms with van der Waals surface area (Å²) < 4.78 is 45.9. The van der Waals surface area contributed by atoms with Gasteiger partial charge in [0.1, 0.15) is 17.6 Å². The van der Waals surface area contributed by atoms with Crippen LogP contribution in [0.4, 0.5) is 13.2 Å². The normalized spacial score (nSPS) is 14.1. The van der Waals surface area contributed by atoms with Crippen molar-refractivity contribution in [3.63, 3.8) is 0 Å². The van der Waals surface area contributed by atoms with E-state index in [0.717, 1.165) is 11.6 Å². The number of hydrogen-bond acceptors (Lipinski definition) is 5. The van der Waals surface area contributed by atoms with E-state index >= 15 is 0 Å². The Bertz CT molecular complexity index is 933. The zero-order valence-electron chi connectivity index (χ0n) is 18.9. The van der Waals surface area contributed by atoms with Crippen molar-refractivity contribution in [1.29, 1.82) is 0 Å². The molecule has 0 aromatic heterocycles. The molecule has 2 unspecified atom stereocenters. The monoisotopic (exact) mass is 470 g/mol. The molecule has 10 heteroatoms. The molecule has 1 amide bonds. The fourth-order valence-corrected chi connectivity index (χ4v) is 2.81. The first-order valence-corrected chi connectivity index (χ1v) is 10.5. The number of amides is 1. The lowest BCUT2D eigenvalue weighted by atomic mass is 10.1. The minimum atomic E-state index is -3.37. The van der Waals surface area contributed by atoms with E-state index < -0.39 is 29.1 Å². The molecule has 0 bridgehead atoms.